The van der Waals surface area contributed by atoms with Gasteiger partial charge in [-0.2, -0.15) is 26.3 Å². The van der Waals surface area contributed by atoms with Crippen molar-refractivity contribution in [3.05, 3.63) is 16.9 Å². The molecular formula is C18H26F6O3. The van der Waals surface area contributed by atoms with Crippen molar-refractivity contribution in [2.24, 2.45) is 5.41 Å². The first-order chi connectivity index (χ1) is 11.8. The molecule has 0 unspecified atom stereocenters. The third-order valence-electron chi connectivity index (χ3n) is 4.67. The smallest absolute Gasteiger partial charge is 0.430 e. The van der Waals surface area contributed by atoms with Gasteiger partial charge in [-0.25, -0.2) is 4.79 Å². The number of halogens is 6. The minimum Gasteiger partial charge on any atom is -0.452 e. The molecule has 0 atom stereocenters. The molecule has 0 aromatic rings. The first-order valence-corrected chi connectivity index (χ1v) is 8.34. The summed E-state index contributed by atoms with van der Waals surface area (Å²) in [5.41, 5.74) is -6.39. The lowest BCUT2D eigenvalue weighted by molar-refractivity contribution is -0.407. The zero-order valence-electron chi connectivity index (χ0n) is 16.4. The predicted molar refractivity (Wildman–Crippen MR) is 87.8 cm³/mol. The predicted octanol–water partition coefficient (Wildman–Crippen LogP) is 5.48. The molecule has 0 amide bonds. The van der Waals surface area contributed by atoms with Gasteiger partial charge in [-0.15, -0.1) is 5.73 Å². The maximum Gasteiger partial charge on any atom is 0.430 e. The van der Waals surface area contributed by atoms with E-state index in [0.717, 1.165) is 0 Å². The Bertz CT molecular complexity index is 606. The van der Waals surface area contributed by atoms with Gasteiger partial charge < -0.3 is 9.84 Å². The van der Waals surface area contributed by atoms with Crippen molar-refractivity contribution in [1.82, 2.24) is 0 Å². The van der Waals surface area contributed by atoms with E-state index in [0.29, 0.717) is 32.3 Å². The number of alkyl halides is 6. The maximum absolute atomic E-state index is 13.1. The third-order valence-corrected chi connectivity index (χ3v) is 4.67. The zero-order chi connectivity index (χ0) is 22.1. The second-order valence-electron chi connectivity index (χ2n) is 7.48. The average molecular weight is 404 g/mol. The van der Waals surface area contributed by atoms with Crippen LogP contribution in [-0.4, -0.2) is 34.6 Å². The van der Waals surface area contributed by atoms with E-state index in [1.54, 1.807) is 34.6 Å². The maximum atomic E-state index is 13.1. The van der Waals surface area contributed by atoms with Crippen LogP contribution in [0.2, 0.25) is 0 Å². The molecule has 0 bridgehead atoms. The van der Waals surface area contributed by atoms with E-state index in [9.17, 15) is 36.2 Å². The minimum absolute atomic E-state index is 0.191. The summed E-state index contributed by atoms with van der Waals surface area (Å²) < 4.78 is 83.4. The van der Waals surface area contributed by atoms with Gasteiger partial charge in [0.25, 0.3) is 5.60 Å². The Labute approximate surface area is 155 Å². The van der Waals surface area contributed by atoms with E-state index in [1.807, 2.05) is 0 Å². The zero-order valence-corrected chi connectivity index (χ0v) is 16.4. The molecule has 0 aromatic heterocycles. The second-order valence-corrected chi connectivity index (χ2v) is 7.48. The van der Waals surface area contributed by atoms with Crippen molar-refractivity contribution in [2.75, 3.05) is 0 Å². The molecule has 0 aliphatic carbocycles. The Morgan fingerprint density at radius 1 is 0.963 bits per heavy atom. The molecule has 3 nitrogen and oxygen atoms in total. The average Bonchev–Trinajstić information content (AvgIpc) is 2.48. The summed E-state index contributed by atoms with van der Waals surface area (Å²) in [4.78, 5) is 12.5. The molecule has 0 saturated heterocycles. The van der Waals surface area contributed by atoms with Gasteiger partial charge in [-0.05, 0) is 39.2 Å². The van der Waals surface area contributed by atoms with Crippen molar-refractivity contribution >= 4 is 5.97 Å². The van der Waals surface area contributed by atoms with Gasteiger partial charge in [0.2, 0.25) is 0 Å². The SMILES string of the molecule is CCC(C)=C=C(C(=O)OC(C)(C)C(O)(C(F)(F)F)C(F)(F)F)C(C)(C)CC. The van der Waals surface area contributed by atoms with E-state index in [-0.39, 0.29) is 5.57 Å². The van der Waals surface area contributed by atoms with Crippen LogP contribution in [0.3, 0.4) is 0 Å². The van der Waals surface area contributed by atoms with Gasteiger partial charge in [0.15, 0.2) is 5.60 Å². The summed E-state index contributed by atoms with van der Waals surface area (Å²) in [6.07, 6.45) is -11.4. The van der Waals surface area contributed by atoms with Crippen LogP contribution in [0.4, 0.5) is 26.3 Å². The summed E-state index contributed by atoms with van der Waals surface area (Å²) >= 11 is 0. The number of carbonyl (C=O) groups is 1. The van der Waals surface area contributed by atoms with Crippen LogP contribution in [0.15, 0.2) is 16.9 Å². The summed E-state index contributed by atoms with van der Waals surface area (Å²) in [6, 6.07) is 0. The standard InChI is InChI=1S/C18H26F6O3/c1-8-11(3)10-12(14(4,5)9-2)13(25)27-15(6,7)16(26,17(19,20)21)18(22,23)24/h26H,8-9H2,1-7H3. The molecule has 0 saturated carbocycles. The molecule has 0 heterocycles. The molecule has 0 aliphatic heterocycles. The van der Waals surface area contributed by atoms with Gasteiger partial charge in [-0.3, -0.25) is 0 Å². The van der Waals surface area contributed by atoms with Crippen molar-refractivity contribution in [3.63, 3.8) is 0 Å². The molecule has 0 fully saturated rings. The molecule has 158 valence electrons. The fourth-order valence-corrected chi connectivity index (χ4v) is 2.18. The van der Waals surface area contributed by atoms with Crippen LogP contribution in [-0.2, 0) is 9.53 Å². The van der Waals surface area contributed by atoms with Crippen molar-refractivity contribution < 1.29 is 41.0 Å². The molecule has 0 aliphatic rings. The number of aliphatic hydroxyl groups is 1. The van der Waals surface area contributed by atoms with Crippen molar-refractivity contribution in [1.29, 1.82) is 0 Å². The van der Waals surface area contributed by atoms with Crippen molar-refractivity contribution in [3.8, 4) is 0 Å². The first-order valence-electron chi connectivity index (χ1n) is 8.34. The highest BCUT2D eigenvalue weighted by Crippen LogP contribution is 2.51. The van der Waals surface area contributed by atoms with Crippen LogP contribution < -0.4 is 0 Å². The van der Waals surface area contributed by atoms with Crippen LogP contribution in [0.1, 0.15) is 61.3 Å². The Balaban J connectivity index is 6.38. The normalized spacial score (nSPS) is 13.9. The molecule has 0 rings (SSSR count). The third kappa shape index (κ3) is 5.08. The molecule has 0 aromatic carbocycles. The highest BCUT2D eigenvalue weighted by Gasteiger charge is 2.78. The van der Waals surface area contributed by atoms with E-state index in [4.69, 9.17) is 0 Å². The fraction of sp³-hybridized carbons (Fsp3) is 0.778. The molecule has 0 spiro atoms. The van der Waals surface area contributed by atoms with E-state index in [1.165, 1.54) is 0 Å². The highest BCUT2D eigenvalue weighted by atomic mass is 19.4. The molecule has 27 heavy (non-hydrogen) atoms. The van der Waals surface area contributed by atoms with Gasteiger partial charge in [0.1, 0.15) is 0 Å². The van der Waals surface area contributed by atoms with Gasteiger partial charge in [-0.1, -0.05) is 27.7 Å². The number of rotatable bonds is 6. The van der Waals surface area contributed by atoms with E-state index in [2.05, 4.69) is 10.5 Å². The van der Waals surface area contributed by atoms with Gasteiger partial charge in [0.05, 0.1) is 5.57 Å². The lowest BCUT2D eigenvalue weighted by Crippen LogP contribution is -2.70. The number of ether oxygens (including phenoxy) is 1. The Hall–Kier alpha value is -1.47. The topological polar surface area (TPSA) is 46.5 Å². The van der Waals surface area contributed by atoms with E-state index >= 15 is 0 Å². The summed E-state index contributed by atoms with van der Waals surface area (Å²) in [6.45, 7) is 8.99. The summed E-state index contributed by atoms with van der Waals surface area (Å²) in [5.74, 6) is -1.40. The van der Waals surface area contributed by atoms with Crippen LogP contribution >= 0.6 is 0 Å². The number of hydrogen-bond acceptors (Lipinski definition) is 3. The molecular weight excluding hydrogens is 378 g/mol. The molecule has 9 heteroatoms. The van der Waals surface area contributed by atoms with Crippen LogP contribution in [0.25, 0.3) is 0 Å². The first kappa shape index (κ1) is 25.5. The van der Waals surface area contributed by atoms with Gasteiger partial charge in [0, 0.05) is 5.41 Å². The fourth-order valence-electron chi connectivity index (χ4n) is 2.18. The molecule has 1 N–H and O–H groups in total. The number of hydrogen-bond donors (Lipinski definition) is 1. The van der Waals surface area contributed by atoms with Gasteiger partial charge >= 0.3 is 18.3 Å². The second kappa shape index (κ2) is 7.87. The Morgan fingerprint density at radius 3 is 1.67 bits per heavy atom. The van der Waals surface area contributed by atoms with Crippen LogP contribution in [0, 0.1) is 5.41 Å². The number of esters is 1. The minimum atomic E-state index is -6.12. The lowest BCUT2D eigenvalue weighted by Gasteiger charge is -2.43. The summed E-state index contributed by atoms with van der Waals surface area (Å²) in [5, 5.41) is 9.57. The Morgan fingerprint density at radius 2 is 1.37 bits per heavy atom. The molecule has 0 radical (unpaired) electrons. The summed E-state index contributed by atoms with van der Waals surface area (Å²) in [7, 11) is 0. The number of carbonyl (C=O) groups excluding carboxylic acids is 1. The Kier molecular flexibility index (Phi) is 7.45. The quantitative estimate of drug-likeness (QED) is 0.276. The monoisotopic (exact) mass is 404 g/mol. The highest BCUT2D eigenvalue weighted by molar-refractivity contribution is 5.90. The largest absolute Gasteiger partial charge is 0.452 e. The van der Waals surface area contributed by atoms with Crippen LogP contribution in [0.5, 0.6) is 0 Å². The van der Waals surface area contributed by atoms with E-state index < -0.39 is 34.9 Å². The lowest BCUT2D eigenvalue weighted by atomic mass is 9.80. The van der Waals surface area contributed by atoms with Crippen molar-refractivity contribution in [2.45, 2.75) is 84.9 Å².